The van der Waals surface area contributed by atoms with Crippen molar-refractivity contribution >= 4 is 11.5 Å². The predicted octanol–water partition coefficient (Wildman–Crippen LogP) is 2.33. The molecule has 0 unspecified atom stereocenters. The Balaban J connectivity index is 2.09. The Morgan fingerprint density at radius 3 is 2.84 bits per heavy atom. The van der Waals surface area contributed by atoms with E-state index in [1.54, 1.807) is 0 Å². The molecule has 0 amide bonds. The van der Waals surface area contributed by atoms with E-state index in [2.05, 4.69) is 50.5 Å². The van der Waals surface area contributed by atoms with E-state index < -0.39 is 0 Å². The van der Waals surface area contributed by atoms with E-state index in [-0.39, 0.29) is 0 Å². The monoisotopic (exact) mass is 254 g/mol. The van der Waals surface area contributed by atoms with E-state index in [0.29, 0.717) is 0 Å². The maximum Gasteiger partial charge on any atom is 0.136 e. The Labute approximate surface area is 113 Å². The van der Waals surface area contributed by atoms with Gasteiger partial charge in [-0.3, -0.25) is 0 Å². The number of benzene rings is 1. The van der Waals surface area contributed by atoms with Crippen LogP contribution in [0.15, 0.2) is 30.3 Å². The van der Waals surface area contributed by atoms with Gasteiger partial charge in [0.05, 0.1) is 0 Å². The second-order valence-corrected chi connectivity index (χ2v) is 4.87. The van der Waals surface area contributed by atoms with Crippen LogP contribution in [-0.2, 0) is 6.54 Å². The molecule has 4 nitrogen and oxygen atoms in total. The first-order valence-corrected chi connectivity index (χ1v) is 6.62. The molecule has 2 aromatic rings. The summed E-state index contributed by atoms with van der Waals surface area (Å²) in [6.45, 7) is 6.75. The molecule has 0 radical (unpaired) electrons. The minimum absolute atomic E-state index is 0.824. The molecule has 0 saturated carbocycles. The summed E-state index contributed by atoms with van der Waals surface area (Å²) >= 11 is 0. The van der Waals surface area contributed by atoms with Gasteiger partial charge in [-0.05, 0) is 25.5 Å². The van der Waals surface area contributed by atoms with E-state index in [4.69, 9.17) is 0 Å². The Morgan fingerprint density at radius 2 is 2.00 bits per heavy atom. The molecule has 0 saturated heterocycles. The smallest absolute Gasteiger partial charge is 0.136 e. The number of hydrogen-bond acceptors (Lipinski definition) is 4. The summed E-state index contributed by atoms with van der Waals surface area (Å²) in [6.07, 6.45) is 0. The molecule has 0 spiro atoms. The maximum absolute atomic E-state index is 4.59. The molecule has 0 aliphatic carbocycles. The van der Waals surface area contributed by atoms with Crippen LogP contribution in [0.2, 0.25) is 0 Å². The summed E-state index contributed by atoms with van der Waals surface area (Å²) in [4.78, 5) is 11.2. The topological polar surface area (TPSA) is 41.0 Å². The fraction of sp³-hybridized carbons (Fsp3) is 0.333. The lowest BCUT2D eigenvalue weighted by atomic mass is 10.1. The third-order valence-electron chi connectivity index (χ3n) is 3.34. The van der Waals surface area contributed by atoms with Gasteiger partial charge in [0.2, 0.25) is 0 Å². The van der Waals surface area contributed by atoms with Crippen molar-refractivity contribution in [3.63, 3.8) is 0 Å². The van der Waals surface area contributed by atoms with E-state index in [1.807, 2.05) is 13.8 Å². The van der Waals surface area contributed by atoms with Crippen LogP contribution >= 0.6 is 0 Å². The highest BCUT2D eigenvalue weighted by Gasteiger charge is 2.17. The van der Waals surface area contributed by atoms with Gasteiger partial charge >= 0.3 is 0 Å². The maximum atomic E-state index is 4.59. The molecular weight excluding hydrogens is 236 g/mol. The zero-order valence-electron chi connectivity index (χ0n) is 11.3. The number of nitrogens with zero attached hydrogens (tertiary/aromatic N) is 3. The molecule has 98 valence electrons. The van der Waals surface area contributed by atoms with E-state index in [1.165, 1.54) is 11.3 Å². The summed E-state index contributed by atoms with van der Waals surface area (Å²) in [6, 6.07) is 10.5. The zero-order valence-corrected chi connectivity index (χ0v) is 11.3. The highest BCUT2D eigenvalue weighted by atomic mass is 15.2. The lowest BCUT2D eigenvalue weighted by Gasteiger charge is -2.24. The second kappa shape index (κ2) is 4.97. The fourth-order valence-corrected chi connectivity index (χ4v) is 2.53. The first kappa shape index (κ1) is 12.1. The van der Waals surface area contributed by atoms with Crippen molar-refractivity contribution in [3.05, 3.63) is 47.4 Å². The molecule has 1 aromatic heterocycles. The van der Waals surface area contributed by atoms with Crippen LogP contribution in [0.1, 0.15) is 17.1 Å². The summed E-state index contributed by atoms with van der Waals surface area (Å²) in [7, 11) is 0. The molecule has 1 aliphatic rings. The number of nitrogens with one attached hydrogen (secondary N) is 1. The first-order valence-electron chi connectivity index (χ1n) is 6.62. The third-order valence-corrected chi connectivity index (χ3v) is 3.34. The largest absolute Gasteiger partial charge is 0.325 e. The minimum atomic E-state index is 0.824. The van der Waals surface area contributed by atoms with Gasteiger partial charge in [-0.2, -0.15) is 0 Å². The second-order valence-electron chi connectivity index (χ2n) is 4.87. The molecule has 1 aliphatic heterocycles. The average molecular weight is 254 g/mol. The standard InChI is InChI=1S/C15H18N4/c1-11-9-15(18-12(2)17-11)19-8-7-16-10-13-5-3-4-6-14(13)19/h3-6,9,16H,7-8,10H2,1-2H3. The Hall–Kier alpha value is -1.94. The van der Waals surface area contributed by atoms with E-state index in [0.717, 1.165) is 37.0 Å². The van der Waals surface area contributed by atoms with Crippen molar-refractivity contribution in [2.75, 3.05) is 18.0 Å². The van der Waals surface area contributed by atoms with Crippen molar-refractivity contribution in [3.8, 4) is 0 Å². The van der Waals surface area contributed by atoms with Gasteiger partial charge in [-0.25, -0.2) is 9.97 Å². The van der Waals surface area contributed by atoms with E-state index in [9.17, 15) is 0 Å². The Bertz CT molecular complexity index is 574. The molecule has 3 rings (SSSR count). The molecule has 1 aromatic carbocycles. The zero-order chi connectivity index (χ0) is 13.2. The predicted molar refractivity (Wildman–Crippen MR) is 76.7 cm³/mol. The number of anilines is 2. The first-order chi connectivity index (χ1) is 9.24. The third kappa shape index (κ3) is 2.44. The molecule has 19 heavy (non-hydrogen) atoms. The van der Waals surface area contributed by atoms with Gasteiger partial charge in [0.15, 0.2) is 0 Å². The number of hydrogen-bond donors (Lipinski definition) is 1. The van der Waals surface area contributed by atoms with Crippen molar-refractivity contribution in [1.82, 2.24) is 15.3 Å². The Kier molecular flexibility index (Phi) is 3.17. The van der Waals surface area contributed by atoms with Gasteiger partial charge in [0.25, 0.3) is 0 Å². The van der Waals surface area contributed by atoms with Crippen LogP contribution < -0.4 is 10.2 Å². The molecule has 1 N–H and O–H groups in total. The number of aryl methyl sites for hydroxylation is 2. The summed E-state index contributed by atoms with van der Waals surface area (Å²) in [5.41, 5.74) is 3.57. The fourth-order valence-electron chi connectivity index (χ4n) is 2.53. The van der Waals surface area contributed by atoms with E-state index >= 15 is 0 Å². The average Bonchev–Trinajstić information content (AvgIpc) is 2.59. The highest BCUT2D eigenvalue weighted by molar-refractivity contribution is 5.64. The van der Waals surface area contributed by atoms with Crippen LogP contribution in [0.4, 0.5) is 11.5 Å². The number of para-hydroxylation sites is 1. The molecule has 0 bridgehead atoms. The van der Waals surface area contributed by atoms with Gasteiger partial charge in [0, 0.05) is 37.1 Å². The van der Waals surface area contributed by atoms with Crippen molar-refractivity contribution in [1.29, 1.82) is 0 Å². The van der Waals surface area contributed by atoms with Gasteiger partial charge < -0.3 is 10.2 Å². The van der Waals surface area contributed by atoms with Crippen LogP contribution in [0.5, 0.6) is 0 Å². The normalized spacial score (nSPS) is 14.9. The summed E-state index contributed by atoms with van der Waals surface area (Å²) in [5.74, 6) is 1.81. The van der Waals surface area contributed by atoms with Crippen molar-refractivity contribution < 1.29 is 0 Å². The SMILES string of the molecule is Cc1cc(N2CCNCc3ccccc32)nc(C)n1. The number of rotatable bonds is 1. The summed E-state index contributed by atoms with van der Waals surface area (Å²) < 4.78 is 0. The van der Waals surface area contributed by atoms with Crippen LogP contribution in [0, 0.1) is 13.8 Å². The van der Waals surface area contributed by atoms with Crippen LogP contribution in [0.3, 0.4) is 0 Å². The van der Waals surface area contributed by atoms with Gasteiger partial charge in [-0.1, -0.05) is 18.2 Å². The van der Waals surface area contributed by atoms with Crippen molar-refractivity contribution in [2.45, 2.75) is 20.4 Å². The number of fused-ring (bicyclic) bond motifs is 1. The lowest BCUT2D eigenvalue weighted by molar-refractivity contribution is 0.710. The molecule has 4 heteroatoms. The molecule has 0 fully saturated rings. The lowest BCUT2D eigenvalue weighted by Crippen LogP contribution is -2.25. The minimum Gasteiger partial charge on any atom is -0.325 e. The molecule has 2 heterocycles. The Morgan fingerprint density at radius 1 is 1.16 bits per heavy atom. The van der Waals surface area contributed by atoms with Gasteiger partial charge in [-0.15, -0.1) is 0 Å². The van der Waals surface area contributed by atoms with Gasteiger partial charge in [0.1, 0.15) is 11.6 Å². The van der Waals surface area contributed by atoms with Crippen LogP contribution in [-0.4, -0.2) is 23.1 Å². The van der Waals surface area contributed by atoms with Crippen molar-refractivity contribution in [2.24, 2.45) is 0 Å². The molecule has 0 atom stereocenters. The summed E-state index contributed by atoms with van der Waals surface area (Å²) in [5, 5.41) is 3.45. The quantitative estimate of drug-likeness (QED) is 0.848. The number of aromatic nitrogens is 2. The highest BCUT2D eigenvalue weighted by Crippen LogP contribution is 2.28. The molecular formula is C15H18N4. The van der Waals surface area contributed by atoms with Crippen LogP contribution in [0.25, 0.3) is 0 Å².